The van der Waals surface area contributed by atoms with Gasteiger partial charge in [-0.05, 0) is 38.5 Å². The van der Waals surface area contributed by atoms with E-state index in [-0.39, 0.29) is 24.3 Å². The summed E-state index contributed by atoms with van der Waals surface area (Å²) in [7, 11) is 1.79. The number of nitrogens with zero attached hydrogens (tertiary/aromatic N) is 3. The van der Waals surface area contributed by atoms with Crippen LogP contribution in [0.4, 0.5) is 0 Å². The molecule has 0 aliphatic rings. The molecule has 162 valence electrons. The van der Waals surface area contributed by atoms with Crippen molar-refractivity contribution in [1.29, 1.82) is 0 Å². The molecule has 0 radical (unpaired) electrons. The molecule has 6 nitrogen and oxygen atoms in total. The van der Waals surface area contributed by atoms with Gasteiger partial charge in [-0.1, -0.05) is 48.0 Å². The molecule has 0 aliphatic carbocycles. The standard InChI is InChI=1S/C25H30N4O2/c1-17-11-13-21(14-12-17)24(26-20(4)30)15-25(31)28(5)16-23-18(2)27-29(19(23)3)22-9-7-6-8-10-22/h6-14,24H,15-16H2,1-5H3,(H,26,30). The van der Waals surface area contributed by atoms with Gasteiger partial charge in [0.25, 0.3) is 0 Å². The molecule has 2 amide bonds. The topological polar surface area (TPSA) is 67.2 Å². The highest BCUT2D eigenvalue weighted by Gasteiger charge is 2.22. The van der Waals surface area contributed by atoms with Gasteiger partial charge in [0.05, 0.1) is 23.8 Å². The Labute approximate surface area is 183 Å². The summed E-state index contributed by atoms with van der Waals surface area (Å²) < 4.78 is 1.91. The number of aromatic nitrogens is 2. The SMILES string of the molecule is CC(=O)NC(CC(=O)N(C)Cc1c(C)nn(-c2ccccc2)c1C)c1ccc(C)cc1. The molecular weight excluding hydrogens is 388 g/mol. The summed E-state index contributed by atoms with van der Waals surface area (Å²) >= 11 is 0. The van der Waals surface area contributed by atoms with Crippen LogP contribution in [0, 0.1) is 20.8 Å². The van der Waals surface area contributed by atoms with Crippen molar-refractivity contribution in [2.24, 2.45) is 0 Å². The maximum absolute atomic E-state index is 13.0. The predicted molar refractivity (Wildman–Crippen MR) is 122 cm³/mol. The number of benzene rings is 2. The van der Waals surface area contributed by atoms with E-state index in [1.54, 1.807) is 11.9 Å². The van der Waals surface area contributed by atoms with Gasteiger partial charge >= 0.3 is 0 Å². The Morgan fingerprint density at radius 3 is 2.29 bits per heavy atom. The first-order valence-corrected chi connectivity index (χ1v) is 10.4. The Hall–Kier alpha value is -3.41. The van der Waals surface area contributed by atoms with Crippen LogP contribution in [0.1, 0.15) is 47.5 Å². The largest absolute Gasteiger partial charge is 0.349 e. The number of carbonyl (C=O) groups is 2. The molecule has 0 saturated carbocycles. The van der Waals surface area contributed by atoms with Crippen molar-refractivity contribution in [1.82, 2.24) is 20.0 Å². The zero-order valence-corrected chi connectivity index (χ0v) is 18.8. The minimum atomic E-state index is -0.359. The lowest BCUT2D eigenvalue weighted by Gasteiger charge is -2.23. The van der Waals surface area contributed by atoms with Crippen molar-refractivity contribution in [3.63, 3.8) is 0 Å². The van der Waals surface area contributed by atoms with E-state index in [1.165, 1.54) is 6.92 Å². The van der Waals surface area contributed by atoms with Crippen LogP contribution in [0.2, 0.25) is 0 Å². The van der Waals surface area contributed by atoms with Crippen LogP contribution in [0.3, 0.4) is 0 Å². The Bertz CT molecular complexity index is 1060. The second-order valence-corrected chi connectivity index (χ2v) is 8.01. The summed E-state index contributed by atoms with van der Waals surface area (Å²) in [6.07, 6.45) is 0.198. The highest BCUT2D eigenvalue weighted by atomic mass is 16.2. The Morgan fingerprint density at radius 2 is 1.68 bits per heavy atom. The molecule has 0 spiro atoms. The molecule has 0 aliphatic heterocycles. The van der Waals surface area contributed by atoms with E-state index < -0.39 is 0 Å². The van der Waals surface area contributed by atoms with Gasteiger partial charge in [0.1, 0.15) is 0 Å². The number of carbonyl (C=O) groups excluding carboxylic acids is 2. The van der Waals surface area contributed by atoms with Gasteiger partial charge in [0.2, 0.25) is 11.8 Å². The number of hydrogen-bond donors (Lipinski definition) is 1. The minimum absolute atomic E-state index is 0.0365. The Kier molecular flexibility index (Phi) is 6.90. The Morgan fingerprint density at radius 1 is 1.03 bits per heavy atom. The van der Waals surface area contributed by atoms with Crippen molar-refractivity contribution >= 4 is 11.8 Å². The predicted octanol–water partition coefficient (Wildman–Crippen LogP) is 4.02. The van der Waals surface area contributed by atoms with E-state index in [2.05, 4.69) is 10.4 Å². The van der Waals surface area contributed by atoms with Gasteiger partial charge in [-0.25, -0.2) is 4.68 Å². The molecular formula is C25H30N4O2. The lowest BCUT2D eigenvalue weighted by atomic mass is 10.0. The number of nitrogens with one attached hydrogen (secondary N) is 1. The first-order valence-electron chi connectivity index (χ1n) is 10.4. The van der Waals surface area contributed by atoms with Gasteiger partial charge < -0.3 is 10.2 Å². The molecule has 3 rings (SSSR count). The molecule has 0 saturated heterocycles. The van der Waals surface area contributed by atoms with Crippen molar-refractivity contribution in [2.75, 3.05) is 7.05 Å². The maximum atomic E-state index is 13.0. The third-order valence-electron chi connectivity index (χ3n) is 5.50. The van der Waals surface area contributed by atoms with Gasteiger partial charge in [0.15, 0.2) is 0 Å². The normalized spacial score (nSPS) is 11.8. The minimum Gasteiger partial charge on any atom is -0.349 e. The molecule has 2 aromatic carbocycles. The van der Waals surface area contributed by atoms with E-state index >= 15 is 0 Å². The summed E-state index contributed by atoms with van der Waals surface area (Å²) in [5, 5.41) is 7.58. The molecule has 1 aromatic heterocycles. The van der Waals surface area contributed by atoms with Crippen LogP contribution in [0.5, 0.6) is 0 Å². The highest BCUT2D eigenvalue weighted by Crippen LogP contribution is 2.22. The third kappa shape index (κ3) is 5.40. The number of amides is 2. The monoisotopic (exact) mass is 418 g/mol. The quantitative estimate of drug-likeness (QED) is 0.630. The van der Waals surface area contributed by atoms with Crippen molar-refractivity contribution in [2.45, 2.75) is 46.7 Å². The molecule has 1 heterocycles. The molecule has 1 atom stereocenters. The van der Waals surface area contributed by atoms with Crippen LogP contribution in [-0.4, -0.2) is 33.5 Å². The lowest BCUT2D eigenvalue weighted by Crippen LogP contribution is -2.33. The molecule has 6 heteroatoms. The van der Waals surface area contributed by atoms with E-state index in [0.29, 0.717) is 6.54 Å². The first-order chi connectivity index (χ1) is 14.8. The summed E-state index contributed by atoms with van der Waals surface area (Å²) in [4.78, 5) is 26.4. The van der Waals surface area contributed by atoms with Gasteiger partial charge in [-0.15, -0.1) is 0 Å². The smallest absolute Gasteiger partial charge is 0.225 e. The van der Waals surface area contributed by atoms with Gasteiger partial charge in [-0.3, -0.25) is 9.59 Å². The maximum Gasteiger partial charge on any atom is 0.225 e. The number of rotatable bonds is 7. The second-order valence-electron chi connectivity index (χ2n) is 8.01. The number of aryl methyl sites for hydroxylation is 2. The first kappa shape index (κ1) is 22.3. The molecule has 0 fully saturated rings. The van der Waals surface area contributed by atoms with E-state index in [9.17, 15) is 9.59 Å². The molecule has 1 unspecified atom stereocenters. The average molecular weight is 419 g/mol. The van der Waals surface area contributed by atoms with Crippen molar-refractivity contribution in [3.05, 3.63) is 82.7 Å². The van der Waals surface area contributed by atoms with Crippen LogP contribution in [-0.2, 0) is 16.1 Å². The fourth-order valence-corrected chi connectivity index (χ4v) is 3.68. The molecule has 3 aromatic rings. The second kappa shape index (κ2) is 9.60. The Balaban J connectivity index is 1.76. The highest BCUT2D eigenvalue weighted by molar-refractivity contribution is 5.79. The van der Waals surface area contributed by atoms with Crippen LogP contribution in [0.25, 0.3) is 5.69 Å². The van der Waals surface area contributed by atoms with E-state index in [1.807, 2.05) is 80.1 Å². The van der Waals surface area contributed by atoms with Crippen molar-refractivity contribution in [3.8, 4) is 5.69 Å². The van der Waals surface area contributed by atoms with Crippen LogP contribution >= 0.6 is 0 Å². The summed E-state index contributed by atoms with van der Waals surface area (Å²) in [5.74, 6) is -0.192. The number of hydrogen-bond acceptors (Lipinski definition) is 3. The third-order valence-corrected chi connectivity index (χ3v) is 5.50. The van der Waals surface area contributed by atoms with Crippen molar-refractivity contribution < 1.29 is 9.59 Å². The molecule has 0 bridgehead atoms. The van der Waals surface area contributed by atoms with Crippen LogP contribution < -0.4 is 5.32 Å². The molecule has 1 N–H and O–H groups in total. The van der Waals surface area contributed by atoms with E-state index in [0.717, 1.165) is 33.8 Å². The molecule has 31 heavy (non-hydrogen) atoms. The summed E-state index contributed by atoms with van der Waals surface area (Å²) in [6, 6.07) is 17.5. The summed E-state index contributed by atoms with van der Waals surface area (Å²) in [5.41, 5.74) is 6.00. The van der Waals surface area contributed by atoms with Crippen LogP contribution in [0.15, 0.2) is 54.6 Å². The lowest BCUT2D eigenvalue weighted by molar-refractivity contribution is -0.131. The van der Waals surface area contributed by atoms with Gasteiger partial charge in [-0.2, -0.15) is 5.10 Å². The fourth-order valence-electron chi connectivity index (χ4n) is 3.68. The summed E-state index contributed by atoms with van der Waals surface area (Å²) in [6.45, 7) is 7.93. The fraction of sp³-hybridized carbons (Fsp3) is 0.320. The van der Waals surface area contributed by atoms with Gasteiger partial charge in [0, 0.05) is 31.8 Å². The number of para-hydroxylation sites is 1. The zero-order chi connectivity index (χ0) is 22.5. The average Bonchev–Trinajstić information content (AvgIpc) is 3.02. The van der Waals surface area contributed by atoms with E-state index in [4.69, 9.17) is 0 Å². The zero-order valence-electron chi connectivity index (χ0n) is 18.8.